The first-order valence-electron chi connectivity index (χ1n) is 13.9. The predicted molar refractivity (Wildman–Crippen MR) is 141 cm³/mol. The molecule has 0 bridgehead atoms. The first-order chi connectivity index (χ1) is 15.2. The van der Waals surface area contributed by atoms with Gasteiger partial charge in [-0.05, 0) is 114 Å². The van der Waals surface area contributed by atoms with Crippen molar-refractivity contribution in [3.05, 3.63) is 12.2 Å². The Balaban J connectivity index is 1.40. The zero-order valence-electron chi connectivity index (χ0n) is 22.7. The lowest BCUT2D eigenvalue weighted by atomic mass is 9.62. The van der Waals surface area contributed by atoms with Crippen LogP contribution in [0.3, 0.4) is 0 Å². The molecule has 3 heteroatoms. The molecule has 4 aliphatic rings. The molecule has 0 unspecified atom stereocenters. The highest BCUT2D eigenvalue weighted by Gasteiger charge is 2.60. The Kier molecular flexibility index (Phi) is 6.60. The van der Waals surface area contributed by atoms with Crippen molar-refractivity contribution in [3.63, 3.8) is 0 Å². The van der Waals surface area contributed by atoms with E-state index in [4.69, 9.17) is 4.43 Å². The van der Waals surface area contributed by atoms with Gasteiger partial charge in [-0.2, -0.15) is 0 Å². The lowest BCUT2D eigenvalue weighted by Crippen LogP contribution is -2.49. The van der Waals surface area contributed by atoms with Gasteiger partial charge < -0.3 is 9.53 Å². The molecular weight excluding hydrogens is 423 g/mol. The van der Waals surface area contributed by atoms with Gasteiger partial charge in [-0.15, -0.1) is 0 Å². The fourth-order valence-corrected chi connectivity index (χ4v) is 10.2. The number of allylic oxidation sites excluding steroid dienone is 1. The van der Waals surface area contributed by atoms with Gasteiger partial charge in [-0.3, -0.25) is 0 Å². The summed E-state index contributed by atoms with van der Waals surface area (Å²) in [5.74, 6) is 9.59. The average molecular weight is 474 g/mol. The molecule has 0 saturated heterocycles. The van der Waals surface area contributed by atoms with Crippen molar-refractivity contribution in [3.8, 4) is 11.8 Å². The molecule has 1 N–H and O–H groups in total. The van der Waals surface area contributed by atoms with Gasteiger partial charge in [0, 0.05) is 5.92 Å². The summed E-state index contributed by atoms with van der Waals surface area (Å²) in [5.41, 5.74) is 0.816. The van der Waals surface area contributed by atoms with Gasteiger partial charge in [0.1, 0.15) is 5.60 Å². The van der Waals surface area contributed by atoms with Crippen LogP contribution in [0, 0.1) is 46.3 Å². The Morgan fingerprint density at radius 3 is 2.52 bits per heavy atom. The summed E-state index contributed by atoms with van der Waals surface area (Å²) < 4.78 is 6.44. The van der Waals surface area contributed by atoms with Crippen molar-refractivity contribution < 1.29 is 9.53 Å². The van der Waals surface area contributed by atoms with Crippen LogP contribution in [0.4, 0.5) is 0 Å². The average Bonchev–Trinajstić information content (AvgIpc) is 3.15. The summed E-state index contributed by atoms with van der Waals surface area (Å²) in [6.45, 7) is 20.7. The Hall–Kier alpha value is -0.563. The highest BCUT2D eigenvalue weighted by molar-refractivity contribution is 6.69. The van der Waals surface area contributed by atoms with Crippen molar-refractivity contribution in [2.24, 2.45) is 34.5 Å². The molecule has 4 fully saturated rings. The van der Waals surface area contributed by atoms with E-state index in [-0.39, 0.29) is 16.4 Å². The number of hydrogen-bond acceptors (Lipinski definition) is 2. The van der Waals surface area contributed by atoms with Gasteiger partial charge in [-0.25, -0.2) is 0 Å². The quantitative estimate of drug-likeness (QED) is 0.177. The van der Waals surface area contributed by atoms with Crippen molar-refractivity contribution in [2.45, 2.75) is 129 Å². The standard InChI is InChI=1S/C30H50O2Si/c1-22(11-9-16-27(3,4)32-33(6,7)8)25-14-15-26-28(25,5)17-10-18-30(26,31)20-19-29-21-24(29)13-12-23(29)2/h22,24-26,31H,2,9-18,21H2,1,3-8H3/t22-,24-,25-,26-,28-,29-,30-/m1/s1/i2+1,18+1,20+1. The second kappa shape index (κ2) is 8.53. The van der Waals surface area contributed by atoms with E-state index in [1.165, 1.54) is 44.1 Å². The van der Waals surface area contributed by atoms with Gasteiger partial charge in [0.15, 0.2) is 8.32 Å². The summed E-state index contributed by atoms with van der Waals surface area (Å²) >= 11 is 0. The number of hydrogen-bond donors (Lipinski definition) is 1. The second-order valence-electron chi connectivity index (χ2n) is 14.1. The lowest BCUT2D eigenvalue weighted by molar-refractivity contribution is -0.0718. The topological polar surface area (TPSA) is 29.5 Å². The first-order valence-corrected chi connectivity index (χ1v) is 17.3. The maximum atomic E-state index is 11.9. The molecular formula is C30H50O2Si. The minimum atomic E-state index is -1.52. The molecule has 33 heavy (non-hydrogen) atoms. The maximum absolute atomic E-state index is 11.9. The van der Waals surface area contributed by atoms with Crippen LogP contribution in [0.15, 0.2) is 12.2 Å². The van der Waals surface area contributed by atoms with Gasteiger partial charge in [0.25, 0.3) is 0 Å². The van der Waals surface area contributed by atoms with Crippen LogP contribution in [0.1, 0.15) is 98.3 Å². The van der Waals surface area contributed by atoms with E-state index in [1.807, 2.05) is 0 Å². The zero-order chi connectivity index (χ0) is 24.3. The van der Waals surface area contributed by atoms with Gasteiger partial charge in [0.05, 0.1) is 11.0 Å². The lowest BCUT2D eigenvalue weighted by Gasteiger charge is -2.49. The highest BCUT2D eigenvalue weighted by atomic mass is 28.4. The van der Waals surface area contributed by atoms with Crippen molar-refractivity contribution in [1.82, 2.24) is 0 Å². The van der Waals surface area contributed by atoms with Crippen molar-refractivity contribution >= 4 is 8.32 Å². The fourth-order valence-electron chi connectivity index (χ4n) is 8.48. The number of rotatable bonds is 7. The van der Waals surface area contributed by atoms with Gasteiger partial charge in [-0.1, -0.05) is 50.7 Å². The van der Waals surface area contributed by atoms with E-state index in [0.717, 1.165) is 38.0 Å². The molecule has 4 aliphatic carbocycles. The Labute approximate surface area is 205 Å². The minimum Gasteiger partial charge on any atom is -0.413 e. The Morgan fingerprint density at radius 2 is 1.91 bits per heavy atom. The monoisotopic (exact) mass is 473 g/mol. The van der Waals surface area contributed by atoms with E-state index in [2.05, 4.69) is 65.8 Å². The third-order valence-corrected chi connectivity index (χ3v) is 11.2. The predicted octanol–water partition coefficient (Wildman–Crippen LogP) is 7.73. The largest absolute Gasteiger partial charge is 0.413 e. The minimum absolute atomic E-state index is 0.0166. The summed E-state index contributed by atoms with van der Waals surface area (Å²) in [7, 11) is -1.52. The van der Waals surface area contributed by atoms with E-state index in [1.54, 1.807) is 0 Å². The number of aliphatic hydroxyl groups is 1. The summed E-state index contributed by atoms with van der Waals surface area (Å²) in [4.78, 5) is 0. The molecule has 0 spiro atoms. The molecule has 2 nitrogen and oxygen atoms in total. The van der Waals surface area contributed by atoms with E-state index in [9.17, 15) is 5.11 Å². The van der Waals surface area contributed by atoms with Crippen LogP contribution >= 0.6 is 0 Å². The zero-order valence-corrected chi connectivity index (χ0v) is 23.7. The van der Waals surface area contributed by atoms with Crippen molar-refractivity contribution in [1.29, 1.82) is 0 Å². The van der Waals surface area contributed by atoms with E-state index >= 15 is 0 Å². The number of fused-ring (bicyclic) bond motifs is 2. The molecule has 0 radical (unpaired) electrons. The first kappa shape index (κ1) is 25.5. The smallest absolute Gasteiger partial charge is 0.184 e. The third kappa shape index (κ3) is 4.92. The Morgan fingerprint density at radius 1 is 1.18 bits per heavy atom. The molecule has 4 saturated carbocycles. The molecule has 4 rings (SSSR count). The van der Waals surface area contributed by atoms with E-state index in [0.29, 0.717) is 17.8 Å². The highest BCUT2D eigenvalue weighted by Crippen LogP contribution is 2.66. The SMILES string of the molecule is C[C@H](CCCC(C)(C)O[Si](C)(C)C)[C@H]1CC[C@@H]2[C@]1(C)CC[13CH2][C@@]2(O)[13C]#C[C@]12C[C@H]1CCC2=[13CH2]. The molecule has 7 atom stereocenters. The summed E-state index contributed by atoms with van der Waals surface area (Å²) in [6.07, 6.45) is 12.8. The normalized spacial score (nSPS) is 41.2. The molecule has 0 aromatic rings. The van der Waals surface area contributed by atoms with Gasteiger partial charge >= 0.3 is 0 Å². The van der Waals surface area contributed by atoms with Crippen LogP contribution in [0.5, 0.6) is 0 Å². The summed E-state index contributed by atoms with van der Waals surface area (Å²) in [6, 6.07) is 0. The second-order valence-corrected chi connectivity index (χ2v) is 18.6. The maximum Gasteiger partial charge on any atom is 0.184 e. The van der Waals surface area contributed by atoms with Crippen LogP contribution in [-0.2, 0) is 4.43 Å². The molecule has 186 valence electrons. The van der Waals surface area contributed by atoms with E-state index < -0.39 is 13.9 Å². The van der Waals surface area contributed by atoms with Crippen LogP contribution in [-0.4, -0.2) is 24.6 Å². The van der Waals surface area contributed by atoms with Crippen LogP contribution < -0.4 is 0 Å². The molecule has 0 aliphatic heterocycles. The van der Waals surface area contributed by atoms with Crippen LogP contribution in [0.2, 0.25) is 19.6 Å². The van der Waals surface area contributed by atoms with Crippen molar-refractivity contribution in [2.75, 3.05) is 0 Å². The molecule has 0 heterocycles. The van der Waals surface area contributed by atoms with Crippen LogP contribution in [0.25, 0.3) is 0 Å². The third-order valence-electron chi connectivity index (χ3n) is 10.00. The molecule has 0 amide bonds. The summed E-state index contributed by atoms with van der Waals surface area (Å²) in [5, 5.41) is 11.9. The van der Waals surface area contributed by atoms with Gasteiger partial charge in [0.2, 0.25) is 0 Å². The fraction of sp³-hybridized carbons (Fsp3) is 0.867. The molecule has 0 aromatic carbocycles. The Bertz CT molecular complexity index is 828. The molecule has 0 aromatic heterocycles.